The first-order valence-electron chi connectivity index (χ1n) is 49.1. The Morgan fingerprint density at radius 1 is 0.347 bits per heavy atom. The maximum Gasteiger partial charge on any atom is 0.266 e. The van der Waals surface area contributed by atoms with Crippen LogP contribution in [-0.2, 0) is 42.4 Å². The molecule has 1 aromatic heterocycles. The molecular formula is C118H106N10O21S. The lowest BCUT2D eigenvalue weighted by Crippen LogP contribution is -2.51. The third-order valence-corrected chi connectivity index (χ3v) is 28.7. The molecule has 22 rings (SSSR count). The van der Waals surface area contributed by atoms with Gasteiger partial charge in [-0.1, -0.05) is 183 Å². The van der Waals surface area contributed by atoms with Crippen LogP contribution in [0.3, 0.4) is 0 Å². The van der Waals surface area contributed by atoms with Gasteiger partial charge in [-0.05, 0) is 236 Å². The fourth-order valence-corrected chi connectivity index (χ4v) is 20.6. The highest BCUT2D eigenvalue weighted by molar-refractivity contribution is 7.19. The molecule has 31 nitrogen and oxygen atoms in total. The van der Waals surface area contributed by atoms with E-state index in [9.17, 15) is 71.9 Å². The Labute approximate surface area is 867 Å². The van der Waals surface area contributed by atoms with Crippen molar-refractivity contribution in [2.45, 2.75) is 160 Å². The van der Waals surface area contributed by atoms with Gasteiger partial charge in [-0.3, -0.25) is 96.4 Å². The Hall–Kier alpha value is -17.8. The zero-order valence-electron chi connectivity index (χ0n) is 83.3. The van der Waals surface area contributed by atoms with Crippen LogP contribution >= 0.6 is 11.3 Å². The number of imide groups is 5. The van der Waals surface area contributed by atoms with E-state index in [-0.39, 0.29) is 90.4 Å². The van der Waals surface area contributed by atoms with Crippen molar-refractivity contribution >= 4 is 121 Å². The second-order valence-corrected chi connectivity index (χ2v) is 39.9. The number of methoxy groups -OCH3 is 1. The second-order valence-electron chi connectivity index (χ2n) is 38.7. The van der Waals surface area contributed by atoms with Crippen LogP contribution in [0.5, 0.6) is 51.7 Å². The number of piperidine rings is 5. The highest BCUT2D eigenvalue weighted by Crippen LogP contribution is 2.45. The summed E-state index contributed by atoms with van der Waals surface area (Å²) in [7, 11) is 1.57. The third kappa shape index (κ3) is 20.5. The van der Waals surface area contributed by atoms with Crippen LogP contribution in [0.2, 0.25) is 0 Å². The van der Waals surface area contributed by atoms with Crippen LogP contribution < -0.4 is 55.0 Å². The molecule has 760 valence electrons. The first-order valence-corrected chi connectivity index (χ1v) is 49.9. The molecule has 0 bridgehead atoms. The number of nitrogens with one attached hydrogen (secondary N) is 5. The summed E-state index contributed by atoms with van der Waals surface area (Å²) in [4.78, 5) is 198. The van der Waals surface area contributed by atoms with Crippen molar-refractivity contribution in [3.8, 4) is 51.7 Å². The molecule has 0 spiro atoms. The Balaban J connectivity index is 0.000000122. The van der Waals surface area contributed by atoms with E-state index in [0.717, 1.165) is 51.5 Å². The number of fused-ring (bicyclic) bond motifs is 7. The minimum atomic E-state index is -0.855. The standard InChI is InChI=1S/C26H22N2O4.C24H20N2O4S.C24H24N2O4.C23H22N2O4.C21H18N2O5/c1-16-9-12-21(24(29)27-16)28-25(30)20-7-4-8-22(23(20)26(28)31)32-14-13-17-10-11-18-5-2-3-6-19(18)15-17;1-13-10-11-17(22(27)25-13)26-23(28)16-7-5-8-18(21(16)24(26)29)30-12-20-14(2)15-6-3-4-9-19(15)31-20;1-14-8-13-18(21(27)25-14)26-22(28)17-6-5-7-19(20(17)23(26)29)30-16-11-9-15(10-12-16)24(2,3)4;1-13(2)15-8-10-16(11-9-15)29-19-6-4-5-17-20(19)23(28)25(22(17)27)18-12-7-14(3)24-21(18)26;1-12-6-11-16(19(24)22-12)23-20(25)15-4-3-5-17(18(15)21(23)26)28-14-9-7-13(27-2)8-10-14/h2-8,10-11,15,21H,1,9,12-14H2,(H,27,29);3-9,17H,1,10-12H2,2H3,(H,25,27);5-7,9-12,18H,1,8,13H2,2-4H3,(H,25,27);4-6,8-11,13,18H,3,7,12H2,1-2H3,(H,24,26);3-5,7-10,16H,1,6,11H2,2H3,(H,22,24). The SMILES string of the molecule is C=C1CCC(N2C(=O)c3cccc(OCCc4ccc5ccccc5c4)c3C2=O)C(=O)N1.C=C1CCC(N2C(=O)c3cccc(OCc4sc5ccccc5c4C)c3C2=O)C(=O)N1.C=C1CCC(N2C(=O)c3cccc(Oc4ccc(C(C)(C)C)cc4)c3C2=O)C(=O)N1.C=C1CCC(N2C(=O)c3cccc(Oc4ccc(C(C)C)cc4)c3C2=O)C(=O)N1.C=C1CCC(N2C(=O)c3cccc(Oc4ccc(OC)cc4)c3C2=O)C(=O)N1. The summed E-state index contributed by atoms with van der Waals surface area (Å²) in [6.07, 6.45) is 5.09. The Morgan fingerprint density at radius 3 is 1.00 bits per heavy atom. The predicted molar refractivity (Wildman–Crippen MR) is 559 cm³/mol. The van der Waals surface area contributed by atoms with Gasteiger partial charge >= 0.3 is 0 Å². The molecule has 11 aromatic carbocycles. The van der Waals surface area contributed by atoms with Gasteiger partial charge in [-0.15, -0.1) is 11.3 Å². The van der Waals surface area contributed by atoms with E-state index in [1.54, 1.807) is 134 Å². The summed E-state index contributed by atoms with van der Waals surface area (Å²) in [5, 5.41) is 16.7. The summed E-state index contributed by atoms with van der Waals surface area (Å²) in [5.74, 6) is -2.50. The van der Waals surface area contributed by atoms with E-state index in [0.29, 0.717) is 164 Å². The molecule has 5 unspecified atom stereocenters. The van der Waals surface area contributed by atoms with Gasteiger partial charge in [0.15, 0.2) is 0 Å². The number of aryl methyl sites for hydroxylation is 1. The van der Waals surface area contributed by atoms with Gasteiger partial charge in [0.25, 0.3) is 59.1 Å². The van der Waals surface area contributed by atoms with E-state index in [4.69, 9.17) is 28.4 Å². The highest BCUT2D eigenvalue weighted by Gasteiger charge is 2.52. The average molecular weight is 2030 g/mol. The van der Waals surface area contributed by atoms with Crippen molar-refractivity contribution in [1.29, 1.82) is 0 Å². The van der Waals surface area contributed by atoms with Crippen molar-refractivity contribution in [1.82, 2.24) is 51.1 Å². The minimum absolute atomic E-state index is 0.0152. The van der Waals surface area contributed by atoms with Crippen LogP contribution in [0.1, 0.15) is 235 Å². The molecule has 10 aliphatic heterocycles. The fraction of sp³-hybridized carbons (Fsp3) is 0.229. The van der Waals surface area contributed by atoms with Crippen molar-refractivity contribution in [2.75, 3.05) is 13.7 Å². The number of benzene rings is 11. The number of nitrogens with zero attached hydrogens (tertiary/aromatic N) is 5. The monoisotopic (exact) mass is 2030 g/mol. The first-order chi connectivity index (χ1) is 72.0. The number of thiophene rings is 1. The van der Waals surface area contributed by atoms with E-state index in [1.807, 2.05) is 72.8 Å². The van der Waals surface area contributed by atoms with Gasteiger partial charge in [0.1, 0.15) is 88.6 Å². The van der Waals surface area contributed by atoms with Crippen molar-refractivity contribution < 1.29 is 100 Å². The molecule has 0 radical (unpaired) electrons. The molecule has 0 saturated carbocycles. The maximum atomic E-state index is 13.2. The van der Waals surface area contributed by atoms with Crippen LogP contribution in [0.15, 0.2) is 292 Å². The Bertz CT molecular complexity index is 7730. The predicted octanol–water partition coefficient (Wildman–Crippen LogP) is 19.1. The molecule has 5 atom stereocenters. The number of hydrogen-bond donors (Lipinski definition) is 5. The second kappa shape index (κ2) is 42.7. The Morgan fingerprint density at radius 2 is 0.660 bits per heavy atom. The summed E-state index contributed by atoms with van der Waals surface area (Å²) in [5.41, 5.74) is 9.89. The van der Waals surface area contributed by atoms with Gasteiger partial charge < -0.3 is 55.0 Å². The quantitative estimate of drug-likeness (QED) is 0.0442. The molecule has 12 aromatic rings. The molecule has 15 amide bonds. The maximum absolute atomic E-state index is 13.2. The number of amides is 15. The smallest absolute Gasteiger partial charge is 0.266 e. The molecular weight excluding hydrogens is 1930 g/mol. The Kier molecular flexibility index (Phi) is 29.1. The van der Waals surface area contributed by atoms with E-state index in [1.165, 1.54) is 21.0 Å². The lowest BCUT2D eigenvalue weighted by Gasteiger charge is -2.29. The molecule has 5 fully saturated rings. The van der Waals surface area contributed by atoms with Crippen molar-refractivity contribution in [3.63, 3.8) is 0 Å². The van der Waals surface area contributed by atoms with Crippen LogP contribution in [0, 0.1) is 6.92 Å². The zero-order chi connectivity index (χ0) is 106. The number of hydrogen-bond acceptors (Lipinski definition) is 22. The fourth-order valence-electron chi connectivity index (χ4n) is 19.5. The van der Waals surface area contributed by atoms with Gasteiger partial charge in [0.2, 0.25) is 29.5 Å². The van der Waals surface area contributed by atoms with Crippen LogP contribution in [0.4, 0.5) is 0 Å². The average Bonchev–Trinajstić information content (AvgIpc) is 1.61. The summed E-state index contributed by atoms with van der Waals surface area (Å²) in [6.45, 7) is 32.0. The normalized spacial score (nSPS) is 18.6. The molecule has 5 saturated heterocycles. The van der Waals surface area contributed by atoms with E-state index >= 15 is 0 Å². The number of rotatable bonds is 20. The molecule has 0 aliphatic carbocycles. The van der Waals surface area contributed by atoms with Gasteiger partial charge in [0, 0.05) is 44.5 Å². The molecule has 11 heterocycles. The van der Waals surface area contributed by atoms with Gasteiger partial charge in [-0.25, -0.2) is 0 Å². The largest absolute Gasteiger partial charge is 0.497 e. The van der Waals surface area contributed by atoms with Crippen LogP contribution in [-0.4, -0.2) is 157 Å². The van der Waals surface area contributed by atoms with E-state index < -0.39 is 95.2 Å². The number of carbonyl (C=O) groups excluding carboxylic acids is 15. The summed E-state index contributed by atoms with van der Waals surface area (Å²) >= 11 is 1.65. The number of ether oxygens (including phenoxy) is 6. The molecule has 5 N–H and O–H groups in total. The summed E-state index contributed by atoms with van der Waals surface area (Å²) < 4.78 is 36.0. The number of carbonyl (C=O) groups is 15. The first kappa shape index (κ1) is 102. The summed E-state index contributed by atoms with van der Waals surface area (Å²) in [6, 6.07) is 65.2. The van der Waals surface area contributed by atoms with Crippen molar-refractivity contribution in [2.24, 2.45) is 0 Å². The molecule has 10 aliphatic rings. The van der Waals surface area contributed by atoms with Gasteiger partial charge in [-0.2, -0.15) is 0 Å². The third-order valence-electron chi connectivity index (χ3n) is 27.5. The lowest BCUT2D eigenvalue weighted by molar-refractivity contribution is -0.126. The van der Waals surface area contributed by atoms with E-state index in [2.05, 4.69) is 143 Å². The zero-order valence-corrected chi connectivity index (χ0v) is 84.2. The van der Waals surface area contributed by atoms with Crippen LogP contribution in [0.25, 0.3) is 20.9 Å². The number of allylic oxidation sites excluding steroid dienone is 5. The lowest BCUT2D eigenvalue weighted by atomic mass is 9.87. The highest BCUT2D eigenvalue weighted by atomic mass is 32.1. The topological polar surface area (TPSA) is 388 Å². The van der Waals surface area contributed by atoms with Gasteiger partial charge in [0.05, 0.1) is 69.4 Å². The molecule has 150 heavy (non-hydrogen) atoms. The van der Waals surface area contributed by atoms with Crippen molar-refractivity contribution in [3.05, 3.63) is 375 Å². The molecule has 32 heteroatoms. The minimum Gasteiger partial charge on any atom is -0.497 e.